The molecule has 3 rings (SSSR count). The number of rotatable bonds is 4. The Morgan fingerprint density at radius 3 is 2.93 bits per heavy atom. The molecular weight excluding hydrogens is 385 g/mol. The number of anilines is 1. The lowest BCUT2D eigenvalue weighted by Crippen LogP contribution is -2.28. The van der Waals surface area contributed by atoms with Crippen LogP contribution in [0.25, 0.3) is 0 Å². The van der Waals surface area contributed by atoms with E-state index in [9.17, 15) is 9.18 Å². The van der Waals surface area contributed by atoms with E-state index in [1.54, 1.807) is 19.1 Å². The van der Waals surface area contributed by atoms with Crippen molar-refractivity contribution in [3.8, 4) is 0 Å². The second kappa shape index (κ2) is 8.67. The predicted octanol–water partition coefficient (Wildman–Crippen LogP) is 4.20. The van der Waals surface area contributed by atoms with Crippen molar-refractivity contribution in [2.24, 2.45) is 4.99 Å². The third-order valence-electron chi connectivity index (χ3n) is 4.29. The molecule has 6 nitrogen and oxygen atoms in total. The van der Waals surface area contributed by atoms with Gasteiger partial charge in [-0.25, -0.2) is 14.4 Å². The highest BCUT2D eigenvalue weighted by Crippen LogP contribution is 2.32. The summed E-state index contributed by atoms with van der Waals surface area (Å²) in [7, 11) is 0. The number of aromatic nitrogens is 1. The van der Waals surface area contributed by atoms with Crippen LogP contribution < -0.4 is 5.32 Å². The van der Waals surface area contributed by atoms with Gasteiger partial charge in [0, 0.05) is 23.9 Å². The van der Waals surface area contributed by atoms with E-state index < -0.39 is 17.3 Å². The molecule has 0 spiro atoms. The van der Waals surface area contributed by atoms with E-state index in [0.29, 0.717) is 41.8 Å². The Bertz CT molecular complexity index is 889. The lowest BCUT2D eigenvalue weighted by atomic mass is 9.92. The Kier molecular flexibility index (Phi) is 6.26. The molecule has 1 aliphatic heterocycles. The number of amides is 1. The SMILES string of the molecule is CCOC1=N[C@](C)(c2cc(NC(=O)c3ccc(Cl)cn3)ccc2F)COCC1. The smallest absolute Gasteiger partial charge is 0.274 e. The Hall–Kier alpha value is -2.51. The molecule has 0 fully saturated rings. The summed E-state index contributed by atoms with van der Waals surface area (Å²) in [6.07, 6.45) is 1.92. The van der Waals surface area contributed by atoms with E-state index in [1.165, 1.54) is 24.4 Å². The van der Waals surface area contributed by atoms with Crippen LogP contribution in [0.4, 0.5) is 10.1 Å². The van der Waals surface area contributed by atoms with Gasteiger partial charge in [-0.15, -0.1) is 0 Å². The number of nitrogens with one attached hydrogen (secondary N) is 1. The van der Waals surface area contributed by atoms with E-state index in [2.05, 4.69) is 15.3 Å². The van der Waals surface area contributed by atoms with Crippen LogP contribution in [0.1, 0.15) is 36.3 Å². The Morgan fingerprint density at radius 2 is 2.21 bits per heavy atom. The van der Waals surface area contributed by atoms with Gasteiger partial charge in [0.1, 0.15) is 17.1 Å². The molecule has 0 saturated carbocycles. The summed E-state index contributed by atoms with van der Waals surface area (Å²) in [5, 5.41) is 3.16. The summed E-state index contributed by atoms with van der Waals surface area (Å²) >= 11 is 5.79. The third-order valence-corrected chi connectivity index (χ3v) is 4.51. The molecule has 1 aromatic carbocycles. The molecule has 1 atom stereocenters. The number of hydrogen-bond donors (Lipinski definition) is 1. The van der Waals surface area contributed by atoms with Gasteiger partial charge in [-0.05, 0) is 44.2 Å². The molecule has 0 aliphatic carbocycles. The van der Waals surface area contributed by atoms with Crippen molar-refractivity contribution >= 4 is 29.1 Å². The topological polar surface area (TPSA) is 72.8 Å². The van der Waals surface area contributed by atoms with Crippen LogP contribution in [0, 0.1) is 5.82 Å². The first-order valence-corrected chi connectivity index (χ1v) is 9.31. The van der Waals surface area contributed by atoms with Crippen LogP contribution in [0.5, 0.6) is 0 Å². The van der Waals surface area contributed by atoms with Crippen LogP contribution >= 0.6 is 11.6 Å². The van der Waals surface area contributed by atoms with Gasteiger partial charge in [0.15, 0.2) is 5.90 Å². The second-order valence-corrected chi connectivity index (χ2v) is 6.96. The molecular formula is C20H21ClFN3O3. The fourth-order valence-electron chi connectivity index (χ4n) is 2.92. The van der Waals surface area contributed by atoms with Crippen LogP contribution in [0.2, 0.25) is 5.02 Å². The maximum atomic E-state index is 14.6. The van der Waals surface area contributed by atoms with E-state index in [0.717, 1.165) is 0 Å². The number of pyridine rings is 1. The first kappa shape index (κ1) is 20.2. The molecule has 8 heteroatoms. The van der Waals surface area contributed by atoms with Crippen LogP contribution in [0.3, 0.4) is 0 Å². The van der Waals surface area contributed by atoms with Crippen LogP contribution in [0.15, 0.2) is 41.5 Å². The van der Waals surface area contributed by atoms with E-state index in [-0.39, 0.29) is 12.3 Å². The Balaban J connectivity index is 1.89. The highest BCUT2D eigenvalue weighted by atomic mass is 35.5. The number of carbonyl (C=O) groups excluding carboxylic acids is 1. The second-order valence-electron chi connectivity index (χ2n) is 6.53. The highest BCUT2D eigenvalue weighted by Gasteiger charge is 2.33. The average molecular weight is 406 g/mol. The summed E-state index contributed by atoms with van der Waals surface area (Å²) in [5.74, 6) is -0.327. The van der Waals surface area contributed by atoms with Gasteiger partial charge in [0.05, 0.1) is 24.8 Å². The third kappa shape index (κ3) is 4.66. The van der Waals surface area contributed by atoms with Gasteiger partial charge in [-0.1, -0.05) is 11.6 Å². The van der Waals surface area contributed by atoms with E-state index in [4.69, 9.17) is 21.1 Å². The van der Waals surface area contributed by atoms with Gasteiger partial charge in [0.2, 0.25) is 0 Å². The van der Waals surface area contributed by atoms with Crippen LogP contribution in [-0.2, 0) is 15.0 Å². The standard InChI is InChI=1S/C20H21ClFN3O3/c1-3-28-18-8-9-27-12-20(2,25-18)15-10-14(5-6-16(15)22)24-19(26)17-7-4-13(21)11-23-17/h4-7,10-11H,3,8-9,12H2,1-2H3,(H,24,26)/t20-/m0/s1. The predicted molar refractivity (Wildman–Crippen MR) is 105 cm³/mol. The minimum atomic E-state index is -0.968. The number of aliphatic imine (C=N–C) groups is 1. The maximum Gasteiger partial charge on any atom is 0.274 e. The Morgan fingerprint density at radius 1 is 1.39 bits per heavy atom. The molecule has 1 aromatic heterocycles. The fraction of sp³-hybridized carbons (Fsp3) is 0.350. The van der Waals surface area contributed by atoms with Crippen molar-refractivity contribution in [2.45, 2.75) is 25.8 Å². The molecule has 148 valence electrons. The fourth-order valence-corrected chi connectivity index (χ4v) is 3.04. The lowest BCUT2D eigenvalue weighted by molar-refractivity contribution is 0.101. The monoisotopic (exact) mass is 405 g/mol. The zero-order valence-electron chi connectivity index (χ0n) is 15.7. The van der Waals surface area contributed by atoms with Crippen molar-refractivity contribution in [1.29, 1.82) is 0 Å². The molecule has 1 N–H and O–H groups in total. The van der Waals surface area contributed by atoms with E-state index >= 15 is 0 Å². The molecule has 0 unspecified atom stereocenters. The minimum Gasteiger partial charge on any atom is -0.481 e. The lowest BCUT2D eigenvalue weighted by Gasteiger charge is -2.25. The summed E-state index contributed by atoms with van der Waals surface area (Å²) in [4.78, 5) is 21.0. The minimum absolute atomic E-state index is 0.205. The summed E-state index contributed by atoms with van der Waals surface area (Å²) < 4.78 is 25.8. The molecule has 0 radical (unpaired) electrons. The van der Waals surface area contributed by atoms with Gasteiger partial charge < -0.3 is 14.8 Å². The summed E-state index contributed by atoms with van der Waals surface area (Å²) in [6, 6.07) is 7.44. The van der Waals surface area contributed by atoms with Crippen molar-refractivity contribution < 1.29 is 18.7 Å². The van der Waals surface area contributed by atoms with Crippen molar-refractivity contribution in [1.82, 2.24) is 4.98 Å². The number of carbonyl (C=O) groups is 1. The maximum absolute atomic E-state index is 14.6. The number of halogens is 2. The molecule has 1 amide bonds. The van der Waals surface area contributed by atoms with Crippen molar-refractivity contribution in [2.75, 3.05) is 25.1 Å². The van der Waals surface area contributed by atoms with Gasteiger partial charge in [-0.3, -0.25) is 4.79 Å². The quantitative estimate of drug-likeness (QED) is 0.827. The van der Waals surface area contributed by atoms with Gasteiger partial charge in [-0.2, -0.15) is 0 Å². The Labute approximate surface area is 167 Å². The molecule has 1 aliphatic rings. The van der Waals surface area contributed by atoms with Gasteiger partial charge >= 0.3 is 0 Å². The largest absolute Gasteiger partial charge is 0.481 e. The first-order valence-electron chi connectivity index (χ1n) is 8.93. The summed E-state index contributed by atoms with van der Waals surface area (Å²) in [5.41, 5.74) is -0.0224. The number of ether oxygens (including phenoxy) is 2. The highest BCUT2D eigenvalue weighted by molar-refractivity contribution is 6.30. The average Bonchev–Trinajstić information content (AvgIpc) is 2.86. The van der Waals surface area contributed by atoms with E-state index in [1.807, 2.05) is 6.92 Å². The normalized spacial score (nSPS) is 19.5. The first-order chi connectivity index (χ1) is 13.4. The van der Waals surface area contributed by atoms with Crippen molar-refractivity contribution in [3.63, 3.8) is 0 Å². The summed E-state index contributed by atoms with van der Waals surface area (Å²) in [6.45, 7) is 4.78. The van der Waals surface area contributed by atoms with Crippen LogP contribution in [-0.4, -0.2) is 36.6 Å². The van der Waals surface area contributed by atoms with Gasteiger partial charge in [0.25, 0.3) is 5.91 Å². The van der Waals surface area contributed by atoms with Crippen molar-refractivity contribution in [3.05, 3.63) is 58.6 Å². The molecule has 0 saturated heterocycles. The molecule has 2 aromatic rings. The number of benzene rings is 1. The number of hydrogen-bond acceptors (Lipinski definition) is 5. The molecule has 0 bridgehead atoms. The zero-order valence-corrected chi connectivity index (χ0v) is 16.4. The molecule has 28 heavy (non-hydrogen) atoms. The zero-order chi connectivity index (χ0) is 20.1. The number of nitrogens with zero attached hydrogens (tertiary/aromatic N) is 2. The molecule has 2 heterocycles.